The molecule has 0 atom stereocenters. The molecule has 0 saturated carbocycles. The Labute approximate surface area is 345 Å². The molecule has 5 heteroatoms. The van der Waals surface area contributed by atoms with Gasteiger partial charge in [-0.1, -0.05) is 141 Å². The number of thioether (sulfide) groups is 1. The van der Waals surface area contributed by atoms with Gasteiger partial charge >= 0.3 is 0 Å². The molecule has 1 aliphatic carbocycles. The second-order valence-corrected chi connectivity index (χ2v) is 16.6. The molecule has 3 N–H and O–H groups in total. The van der Waals surface area contributed by atoms with Crippen molar-refractivity contribution < 1.29 is 0 Å². The van der Waals surface area contributed by atoms with Crippen molar-refractivity contribution in [2.45, 2.75) is 51.7 Å². The number of allylic oxidation sites excluding steroid dienone is 5. The molecule has 1 aromatic heterocycles. The first-order valence-corrected chi connectivity index (χ1v) is 21.9. The van der Waals surface area contributed by atoms with E-state index in [1.807, 2.05) is 49.9 Å². The van der Waals surface area contributed by atoms with Gasteiger partial charge in [0.05, 0.1) is 9.90 Å². The Kier molecular flexibility index (Phi) is 12.7. The van der Waals surface area contributed by atoms with Crippen LogP contribution < -0.4 is 10.5 Å². The van der Waals surface area contributed by atoms with E-state index in [-0.39, 0.29) is 0 Å². The van der Waals surface area contributed by atoms with E-state index in [9.17, 15) is 0 Å². The van der Waals surface area contributed by atoms with Crippen LogP contribution in [0.2, 0.25) is 0 Å². The largest absolute Gasteiger partial charge is 0.398 e. The van der Waals surface area contributed by atoms with Crippen LogP contribution in [0, 0.1) is 6.92 Å². The lowest BCUT2D eigenvalue weighted by Crippen LogP contribution is -1.98. The molecule has 0 fully saturated rings. The van der Waals surface area contributed by atoms with Crippen LogP contribution in [0.5, 0.6) is 0 Å². The van der Waals surface area contributed by atoms with Gasteiger partial charge in [-0.25, -0.2) is 0 Å². The van der Waals surface area contributed by atoms with Gasteiger partial charge in [-0.2, -0.15) is 0 Å². The second kappa shape index (κ2) is 18.2. The van der Waals surface area contributed by atoms with Gasteiger partial charge in [-0.3, -0.25) is 0 Å². The highest BCUT2D eigenvalue weighted by Gasteiger charge is 2.20. The average molecular weight is 785 g/mol. The highest BCUT2D eigenvalue weighted by molar-refractivity contribution is 8.02. The van der Waals surface area contributed by atoms with Crippen molar-refractivity contribution in [3.05, 3.63) is 183 Å². The van der Waals surface area contributed by atoms with Crippen LogP contribution in [0.3, 0.4) is 0 Å². The number of anilines is 2. The third kappa shape index (κ3) is 8.46. The number of fused-ring (bicyclic) bond motifs is 3. The zero-order valence-electron chi connectivity index (χ0n) is 32.7. The zero-order valence-corrected chi connectivity index (χ0v) is 35.2. The average Bonchev–Trinajstić information content (AvgIpc) is 3.56. The van der Waals surface area contributed by atoms with Crippen LogP contribution in [0.25, 0.3) is 56.0 Å². The van der Waals surface area contributed by atoms with Gasteiger partial charge in [0.1, 0.15) is 0 Å². The predicted octanol–water partition coefficient (Wildman–Crippen LogP) is 15.8. The van der Waals surface area contributed by atoms with Crippen LogP contribution in [0.15, 0.2) is 161 Å². The standard InChI is InChI=1S/C49H42N2S3.C2H6/c1-4-45(52-31-40-26-27-47(53-40)51-54-46-21-13-12-20-44(46)50)32(2)28-43-33(3)48(38-24-22-35-15-8-9-17-37(35)29-38)41-18-10-11-19-42(41)49(43)39-25-23-34-14-6-5-7-16-36(34)30-39;1-2/h4-15,17-30,51H,16,31,50H2,1-3H3;1-2H3/b32-28+,45-4-;. The van der Waals surface area contributed by atoms with E-state index in [1.54, 1.807) is 23.3 Å². The molecule has 1 heterocycles. The monoisotopic (exact) mass is 784 g/mol. The lowest BCUT2D eigenvalue weighted by atomic mass is 9.82. The molecular weight excluding hydrogens is 737 g/mol. The summed E-state index contributed by atoms with van der Waals surface area (Å²) in [6.45, 7) is 10.7. The van der Waals surface area contributed by atoms with Crippen molar-refractivity contribution in [3.8, 4) is 22.3 Å². The minimum atomic E-state index is 0.785. The van der Waals surface area contributed by atoms with Crippen molar-refractivity contribution in [1.82, 2.24) is 0 Å². The quantitative estimate of drug-likeness (QED) is 0.0823. The zero-order chi connectivity index (χ0) is 39.0. The number of hydrogen-bond donors (Lipinski definition) is 2. The SMILES string of the molecule is C/C=C(SCc1ccc(NSc2ccccc2N)s1)/C(C)=C/c1c(C)c(-c2ccc3ccccc3c2)c2ccccc2c1-c1ccc2c(c1)CC=CC=C2.CC. The highest BCUT2D eigenvalue weighted by atomic mass is 32.2. The van der Waals surface area contributed by atoms with Gasteiger partial charge in [0.15, 0.2) is 0 Å². The van der Waals surface area contributed by atoms with Crippen molar-refractivity contribution in [2.24, 2.45) is 0 Å². The maximum absolute atomic E-state index is 6.16. The minimum Gasteiger partial charge on any atom is -0.398 e. The number of nitrogens with two attached hydrogens (primary N) is 1. The van der Waals surface area contributed by atoms with Gasteiger partial charge in [0.25, 0.3) is 0 Å². The Hall–Kier alpha value is -5.20. The lowest BCUT2D eigenvalue weighted by Gasteiger charge is -2.22. The van der Waals surface area contributed by atoms with Crippen LogP contribution in [0.1, 0.15) is 54.8 Å². The molecule has 7 aromatic rings. The van der Waals surface area contributed by atoms with Crippen molar-refractivity contribution >= 4 is 79.4 Å². The number of nitrogen functional groups attached to an aromatic ring is 1. The summed E-state index contributed by atoms with van der Waals surface area (Å²) in [5, 5.41) is 6.18. The Balaban J connectivity index is 0.00000237. The molecule has 0 spiro atoms. The van der Waals surface area contributed by atoms with E-state index in [0.717, 1.165) is 27.8 Å². The van der Waals surface area contributed by atoms with Gasteiger partial charge in [0, 0.05) is 21.2 Å². The molecule has 280 valence electrons. The molecule has 0 saturated heterocycles. The fourth-order valence-corrected chi connectivity index (χ4v) is 10.1. The summed E-state index contributed by atoms with van der Waals surface area (Å²) in [6, 6.07) is 43.9. The number of hydrogen-bond acceptors (Lipinski definition) is 5. The summed E-state index contributed by atoms with van der Waals surface area (Å²) in [4.78, 5) is 3.64. The van der Waals surface area contributed by atoms with Crippen LogP contribution in [-0.2, 0) is 12.2 Å². The van der Waals surface area contributed by atoms with E-state index >= 15 is 0 Å². The molecular formula is C51H48N2S3. The van der Waals surface area contributed by atoms with E-state index < -0.39 is 0 Å². The number of rotatable bonds is 10. The van der Waals surface area contributed by atoms with Gasteiger partial charge in [-0.05, 0) is 141 Å². The highest BCUT2D eigenvalue weighted by Crippen LogP contribution is 2.45. The molecule has 0 aliphatic heterocycles. The first kappa shape index (κ1) is 39.1. The van der Waals surface area contributed by atoms with E-state index in [2.05, 4.69) is 159 Å². The summed E-state index contributed by atoms with van der Waals surface area (Å²) < 4.78 is 3.49. The molecule has 0 amide bonds. The minimum absolute atomic E-state index is 0.785. The Morgan fingerprint density at radius 3 is 2.30 bits per heavy atom. The van der Waals surface area contributed by atoms with Crippen molar-refractivity contribution in [3.63, 3.8) is 0 Å². The normalized spacial score (nSPS) is 12.7. The van der Waals surface area contributed by atoms with Crippen molar-refractivity contribution in [2.75, 3.05) is 10.5 Å². The smallest absolute Gasteiger partial charge is 0.0987 e. The summed E-state index contributed by atoms with van der Waals surface area (Å²) in [6.07, 6.45) is 14.4. The fourth-order valence-electron chi connectivity index (χ4n) is 7.38. The summed E-state index contributed by atoms with van der Waals surface area (Å²) in [5.41, 5.74) is 18.5. The van der Waals surface area contributed by atoms with Crippen LogP contribution >= 0.6 is 35.0 Å². The van der Waals surface area contributed by atoms with E-state index in [4.69, 9.17) is 5.73 Å². The van der Waals surface area contributed by atoms with E-state index in [1.165, 1.54) is 81.4 Å². The van der Waals surface area contributed by atoms with Crippen LogP contribution in [-0.4, -0.2) is 0 Å². The summed E-state index contributed by atoms with van der Waals surface area (Å²) in [5.74, 6) is 0.896. The molecule has 56 heavy (non-hydrogen) atoms. The second-order valence-electron chi connectivity index (χ2n) is 13.6. The molecule has 0 radical (unpaired) electrons. The Morgan fingerprint density at radius 1 is 0.786 bits per heavy atom. The molecule has 6 aromatic carbocycles. The molecule has 1 aliphatic rings. The Morgan fingerprint density at radius 2 is 1.50 bits per heavy atom. The van der Waals surface area contributed by atoms with Crippen LogP contribution in [0.4, 0.5) is 10.7 Å². The Bertz CT molecular complexity index is 2640. The molecule has 0 unspecified atom stereocenters. The van der Waals surface area contributed by atoms with Gasteiger partial charge < -0.3 is 10.5 Å². The number of nitrogens with one attached hydrogen (secondary N) is 1. The predicted molar refractivity (Wildman–Crippen MR) is 254 cm³/mol. The first-order chi connectivity index (χ1) is 27.5. The molecule has 2 nitrogen and oxygen atoms in total. The molecule has 0 bridgehead atoms. The van der Waals surface area contributed by atoms with E-state index in [0.29, 0.717) is 0 Å². The maximum Gasteiger partial charge on any atom is 0.0987 e. The third-order valence-corrected chi connectivity index (χ3v) is 13.6. The third-order valence-electron chi connectivity index (χ3n) is 10.1. The summed E-state index contributed by atoms with van der Waals surface area (Å²) >= 11 is 5.25. The number of para-hydroxylation sites is 1. The topological polar surface area (TPSA) is 38.0 Å². The molecule has 8 rings (SSSR count). The van der Waals surface area contributed by atoms with Gasteiger partial charge in [0.2, 0.25) is 0 Å². The number of benzene rings is 6. The fraction of sp³-hybridized carbons (Fsp3) is 0.137. The lowest BCUT2D eigenvalue weighted by molar-refractivity contribution is 1.27. The first-order valence-electron chi connectivity index (χ1n) is 19.3. The summed E-state index contributed by atoms with van der Waals surface area (Å²) in [7, 11) is 0. The number of thiophene rings is 1. The van der Waals surface area contributed by atoms with Crippen molar-refractivity contribution in [1.29, 1.82) is 0 Å². The maximum atomic E-state index is 6.16. The van der Waals surface area contributed by atoms with Gasteiger partial charge in [-0.15, -0.1) is 23.1 Å².